The third-order valence-corrected chi connectivity index (χ3v) is 4.73. The summed E-state index contributed by atoms with van der Waals surface area (Å²) < 4.78 is 11.5. The van der Waals surface area contributed by atoms with Crippen LogP contribution in [0.5, 0.6) is 5.75 Å². The van der Waals surface area contributed by atoms with Gasteiger partial charge in [-0.05, 0) is 36.2 Å². The average molecular weight is 355 g/mol. The van der Waals surface area contributed by atoms with Gasteiger partial charge in [-0.15, -0.1) is 0 Å². The molecule has 1 amide bonds. The molecule has 1 N–H and O–H groups in total. The molecule has 138 valence electrons. The molecule has 3 rings (SSSR count). The maximum absolute atomic E-state index is 11.7. The van der Waals surface area contributed by atoms with Crippen molar-refractivity contribution in [3.8, 4) is 5.75 Å². The van der Waals surface area contributed by atoms with Crippen LogP contribution in [0.15, 0.2) is 48.8 Å². The molecule has 1 fully saturated rings. The van der Waals surface area contributed by atoms with E-state index >= 15 is 0 Å². The highest BCUT2D eigenvalue weighted by atomic mass is 16.5. The fourth-order valence-electron chi connectivity index (χ4n) is 3.24. The zero-order valence-corrected chi connectivity index (χ0v) is 15.2. The molecule has 0 unspecified atom stereocenters. The van der Waals surface area contributed by atoms with Crippen LogP contribution < -0.4 is 10.1 Å². The Morgan fingerprint density at radius 3 is 2.77 bits per heavy atom. The SMILES string of the molecule is CNC(=O)c1ccc(CN2C[C@H](OC)C[C@H]2COc2cccnc2)cc1. The van der Waals surface area contributed by atoms with Crippen LogP contribution >= 0.6 is 0 Å². The summed E-state index contributed by atoms with van der Waals surface area (Å²) in [6.45, 7) is 2.27. The summed E-state index contributed by atoms with van der Waals surface area (Å²) in [5.41, 5.74) is 1.84. The maximum atomic E-state index is 11.7. The van der Waals surface area contributed by atoms with Crippen molar-refractivity contribution in [1.82, 2.24) is 15.2 Å². The van der Waals surface area contributed by atoms with Crippen LogP contribution in [0, 0.1) is 0 Å². The summed E-state index contributed by atoms with van der Waals surface area (Å²) in [5, 5.41) is 2.64. The van der Waals surface area contributed by atoms with Crippen molar-refractivity contribution in [1.29, 1.82) is 0 Å². The van der Waals surface area contributed by atoms with E-state index < -0.39 is 0 Å². The first-order chi connectivity index (χ1) is 12.7. The number of carbonyl (C=O) groups is 1. The van der Waals surface area contributed by atoms with Gasteiger partial charge >= 0.3 is 0 Å². The molecule has 1 aromatic carbocycles. The Bertz CT molecular complexity index is 706. The Morgan fingerprint density at radius 1 is 1.31 bits per heavy atom. The Hall–Kier alpha value is -2.44. The van der Waals surface area contributed by atoms with Crippen molar-refractivity contribution in [2.45, 2.75) is 25.1 Å². The minimum atomic E-state index is -0.0695. The standard InChI is InChI=1S/C20H25N3O3/c1-21-20(24)16-7-5-15(6-8-16)12-23-13-19(25-2)10-17(23)14-26-18-4-3-9-22-11-18/h3-9,11,17,19H,10,12-14H2,1-2H3,(H,21,24)/t17-,19+/m0/s1. The summed E-state index contributed by atoms with van der Waals surface area (Å²) in [6.07, 6.45) is 4.61. The molecule has 0 saturated carbocycles. The number of hydrogen-bond acceptors (Lipinski definition) is 5. The van der Waals surface area contributed by atoms with Gasteiger partial charge < -0.3 is 14.8 Å². The number of benzene rings is 1. The number of pyridine rings is 1. The average Bonchev–Trinajstić information content (AvgIpc) is 3.09. The Labute approximate surface area is 154 Å². The van der Waals surface area contributed by atoms with Gasteiger partial charge in [-0.3, -0.25) is 14.7 Å². The molecular weight excluding hydrogens is 330 g/mol. The first kappa shape index (κ1) is 18.4. The van der Waals surface area contributed by atoms with Gasteiger partial charge in [0.2, 0.25) is 0 Å². The monoisotopic (exact) mass is 355 g/mol. The van der Waals surface area contributed by atoms with Gasteiger partial charge in [-0.2, -0.15) is 0 Å². The van der Waals surface area contributed by atoms with Crippen molar-refractivity contribution < 1.29 is 14.3 Å². The Morgan fingerprint density at radius 2 is 2.12 bits per heavy atom. The highest BCUT2D eigenvalue weighted by Crippen LogP contribution is 2.23. The quantitative estimate of drug-likeness (QED) is 0.824. The smallest absolute Gasteiger partial charge is 0.251 e. The third-order valence-electron chi connectivity index (χ3n) is 4.73. The topological polar surface area (TPSA) is 63.7 Å². The lowest BCUT2D eigenvalue weighted by molar-refractivity contribution is 0.0963. The van der Waals surface area contributed by atoms with Crippen LogP contribution in [0.2, 0.25) is 0 Å². The van der Waals surface area contributed by atoms with Gasteiger partial charge in [-0.25, -0.2) is 0 Å². The van der Waals surface area contributed by atoms with E-state index in [1.54, 1.807) is 26.6 Å². The number of nitrogens with zero attached hydrogens (tertiary/aromatic N) is 2. The first-order valence-electron chi connectivity index (χ1n) is 8.80. The number of amides is 1. The molecule has 6 nitrogen and oxygen atoms in total. The summed E-state index contributed by atoms with van der Waals surface area (Å²) in [5.74, 6) is 0.711. The first-order valence-corrected chi connectivity index (χ1v) is 8.80. The molecule has 1 aromatic heterocycles. The van der Waals surface area contributed by atoms with Crippen LogP contribution in [-0.2, 0) is 11.3 Å². The number of hydrogen-bond donors (Lipinski definition) is 1. The van der Waals surface area contributed by atoms with Crippen LogP contribution in [0.3, 0.4) is 0 Å². The highest BCUT2D eigenvalue weighted by Gasteiger charge is 2.32. The zero-order valence-electron chi connectivity index (χ0n) is 15.2. The predicted octanol–water partition coefficient (Wildman–Crippen LogP) is 2.11. The number of aromatic nitrogens is 1. The van der Waals surface area contributed by atoms with Gasteiger partial charge in [0.25, 0.3) is 5.91 Å². The van der Waals surface area contributed by atoms with Crippen molar-refractivity contribution in [3.63, 3.8) is 0 Å². The fraction of sp³-hybridized carbons (Fsp3) is 0.400. The van der Waals surface area contributed by atoms with Crippen molar-refractivity contribution in [3.05, 3.63) is 59.9 Å². The van der Waals surface area contributed by atoms with E-state index in [9.17, 15) is 4.79 Å². The molecule has 1 saturated heterocycles. The lowest BCUT2D eigenvalue weighted by Gasteiger charge is -2.24. The normalized spacial score (nSPS) is 20.1. The summed E-state index contributed by atoms with van der Waals surface area (Å²) in [7, 11) is 3.39. The maximum Gasteiger partial charge on any atom is 0.251 e. The van der Waals surface area contributed by atoms with Gasteiger partial charge in [-0.1, -0.05) is 12.1 Å². The Balaban J connectivity index is 1.62. The molecule has 26 heavy (non-hydrogen) atoms. The van der Waals surface area contributed by atoms with Crippen LogP contribution in [-0.4, -0.2) is 55.2 Å². The molecule has 0 spiro atoms. The second-order valence-corrected chi connectivity index (χ2v) is 6.45. The molecule has 1 aliphatic rings. The molecule has 0 aliphatic carbocycles. The predicted molar refractivity (Wildman–Crippen MR) is 99.2 cm³/mol. The summed E-state index contributed by atoms with van der Waals surface area (Å²) in [6, 6.07) is 11.8. The fourth-order valence-corrected chi connectivity index (χ4v) is 3.24. The highest BCUT2D eigenvalue weighted by molar-refractivity contribution is 5.93. The van der Waals surface area contributed by atoms with Gasteiger partial charge in [0, 0.05) is 45.0 Å². The van der Waals surface area contributed by atoms with Crippen molar-refractivity contribution in [2.75, 3.05) is 27.3 Å². The second kappa shape index (κ2) is 8.78. The Kier molecular flexibility index (Phi) is 6.20. The van der Waals surface area contributed by atoms with Crippen molar-refractivity contribution in [2.24, 2.45) is 0 Å². The largest absolute Gasteiger partial charge is 0.490 e. The summed E-state index contributed by atoms with van der Waals surface area (Å²) >= 11 is 0. The number of carbonyl (C=O) groups excluding carboxylic acids is 1. The van der Waals surface area contributed by atoms with Crippen molar-refractivity contribution >= 4 is 5.91 Å². The molecule has 0 bridgehead atoms. The molecule has 2 atom stereocenters. The number of methoxy groups -OCH3 is 1. The summed E-state index contributed by atoms with van der Waals surface area (Å²) in [4.78, 5) is 18.1. The zero-order chi connectivity index (χ0) is 18.4. The minimum Gasteiger partial charge on any atom is -0.490 e. The lowest BCUT2D eigenvalue weighted by atomic mass is 10.1. The number of rotatable bonds is 7. The number of likely N-dealkylation sites (tertiary alicyclic amines) is 1. The molecule has 6 heteroatoms. The van der Waals surface area contributed by atoms with E-state index in [-0.39, 0.29) is 18.1 Å². The molecule has 2 aromatic rings. The van der Waals surface area contributed by atoms with Crippen LogP contribution in [0.1, 0.15) is 22.3 Å². The lowest BCUT2D eigenvalue weighted by Crippen LogP contribution is -2.34. The van der Waals surface area contributed by atoms with E-state index in [1.165, 1.54) is 5.56 Å². The van der Waals surface area contributed by atoms with Gasteiger partial charge in [0.05, 0.1) is 12.3 Å². The van der Waals surface area contributed by atoms with Gasteiger partial charge in [0.1, 0.15) is 12.4 Å². The third kappa shape index (κ3) is 4.59. The minimum absolute atomic E-state index is 0.0695. The molecular formula is C20H25N3O3. The molecule has 1 aliphatic heterocycles. The van der Waals surface area contributed by atoms with E-state index in [0.29, 0.717) is 12.2 Å². The van der Waals surface area contributed by atoms with E-state index in [4.69, 9.17) is 9.47 Å². The van der Waals surface area contributed by atoms with E-state index in [0.717, 1.165) is 25.3 Å². The molecule has 0 radical (unpaired) electrons. The van der Waals surface area contributed by atoms with E-state index in [1.807, 2.05) is 36.4 Å². The number of nitrogens with one attached hydrogen (secondary N) is 1. The second-order valence-electron chi connectivity index (χ2n) is 6.45. The van der Waals surface area contributed by atoms with Crippen LogP contribution in [0.4, 0.5) is 0 Å². The molecule has 2 heterocycles. The number of ether oxygens (including phenoxy) is 2. The van der Waals surface area contributed by atoms with Crippen LogP contribution in [0.25, 0.3) is 0 Å². The van der Waals surface area contributed by atoms with E-state index in [2.05, 4.69) is 15.2 Å². The van der Waals surface area contributed by atoms with Gasteiger partial charge in [0.15, 0.2) is 0 Å².